The lowest BCUT2D eigenvalue weighted by molar-refractivity contribution is 0.353. The van der Waals surface area contributed by atoms with Gasteiger partial charge in [0.15, 0.2) is 0 Å². The van der Waals surface area contributed by atoms with E-state index in [1.165, 1.54) is 11.1 Å². The number of rotatable bonds is 1. The van der Waals surface area contributed by atoms with Gasteiger partial charge in [0.25, 0.3) is 0 Å². The number of benzene rings is 1. The Labute approximate surface area is 86.5 Å². The minimum absolute atomic E-state index is 0.962. The van der Waals surface area contributed by atoms with Crippen LogP contribution < -0.4 is 4.74 Å². The summed E-state index contributed by atoms with van der Waals surface area (Å²) in [6, 6.07) is 6.30. The van der Waals surface area contributed by atoms with Crippen molar-refractivity contribution in [3.63, 3.8) is 0 Å². The lowest BCUT2D eigenvalue weighted by atomic mass is 10.1. The van der Waals surface area contributed by atoms with Crippen LogP contribution in [0.15, 0.2) is 18.2 Å². The largest absolute Gasteiger partial charge is 0.497 e. The average Bonchev–Trinajstić information content (AvgIpc) is 2.59. The van der Waals surface area contributed by atoms with Crippen LogP contribution in [0.3, 0.4) is 0 Å². The van der Waals surface area contributed by atoms with Gasteiger partial charge >= 0.3 is 0 Å². The molecule has 2 rings (SSSR count). The van der Waals surface area contributed by atoms with E-state index in [0.29, 0.717) is 0 Å². The molecule has 0 fully saturated rings. The van der Waals surface area contributed by atoms with Crippen molar-refractivity contribution >= 4 is 0 Å². The molecule has 0 aliphatic carbocycles. The molecule has 1 aromatic rings. The molecule has 0 amide bonds. The highest BCUT2D eigenvalue weighted by Gasteiger charge is 2.15. The van der Waals surface area contributed by atoms with Crippen molar-refractivity contribution in [1.29, 1.82) is 0 Å². The minimum Gasteiger partial charge on any atom is -0.497 e. The van der Waals surface area contributed by atoms with E-state index in [4.69, 9.17) is 4.74 Å². The standard InChI is InChI=1S/C10H13NO.C2H6/c1-11-6-8-3-4-10(12-2)5-9(8)7-11;1-2/h3-5H,6-7H2,1-2H3;1-2H3. The second-order valence-electron chi connectivity index (χ2n) is 3.31. The van der Waals surface area contributed by atoms with Crippen molar-refractivity contribution in [1.82, 2.24) is 4.90 Å². The Hall–Kier alpha value is -1.02. The summed E-state index contributed by atoms with van der Waals surface area (Å²) in [6.07, 6.45) is 0. The van der Waals surface area contributed by atoms with E-state index >= 15 is 0 Å². The van der Waals surface area contributed by atoms with Gasteiger partial charge in [0.05, 0.1) is 7.11 Å². The molecule has 1 aliphatic heterocycles. The highest BCUT2D eigenvalue weighted by atomic mass is 16.5. The molecule has 78 valence electrons. The van der Waals surface area contributed by atoms with Crippen molar-refractivity contribution in [3.8, 4) is 5.75 Å². The van der Waals surface area contributed by atoms with Crippen LogP contribution in [0.5, 0.6) is 5.75 Å². The summed E-state index contributed by atoms with van der Waals surface area (Å²) in [7, 11) is 3.84. The maximum atomic E-state index is 5.16. The topological polar surface area (TPSA) is 12.5 Å². The van der Waals surface area contributed by atoms with Crippen molar-refractivity contribution in [3.05, 3.63) is 29.3 Å². The first kappa shape index (κ1) is 11.1. The molecular weight excluding hydrogens is 174 g/mol. The van der Waals surface area contributed by atoms with Crippen LogP contribution in [0.1, 0.15) is 25.0 Å². The monoisotopic (exact) mass is 193 g/mol. The van der Waals surface area contributed by atoms with Crippen LogP contribution in [-0.2, 0) is 13.1 Å². The zero-order valence-corrected chi connectivity index (χ0v) is 9.50. The predicted octanol–water partition coefficient (Wildman–Crippen LogP) is 2.67. The Morgan fingerprint density at radius 3 is 2.43 bits per heavy atom. The van der Waals surface area contributed by atoms with Crippen molar-refractivity contribution < 1.29 is 4.74 Å². The summed E-state index contributed by atoms with van der Waals surface area (Å²) < 4.78 is 5.16. The lowest BCUT2D eigenvalue weighted by Crippen LogP contribution is -2.07. The molecule has 2 heteroatoms. The summed E-state index contributed by atoms with van der Waals surface area (Å²) in [5, 5.41) is 0. The van der Waals surface area contributed by atoms with Gasteiger partial charge < -0.3 is 4.74 Å². The van der Waals surface area contributed by atoms with Crippen LogP contribution in [0.2, 0.25) is 0 Å². The Kier molecular flexibility index (Phi) is 3.96. The Morgan fingerprint density at radius 1 is 1.14 bits per heavy atom. The van der Waals surface area contributed by atoms with Gasteiger partial charge in [0, 0.05) is 13.1 Å². The van der Waals surface area contributed by atoms with Crippen molar-refractivity contribution in [2.45, 2.75) is 26.9 Å². The molecule has 1 heterocycles. The summed E-state index contributed by atoms with van der Waals surface area (Å²) in [6.45, 7) is 6.12. The maximum absolute atomic E-state index is 5.16. The first-order chi connectivity index (χ1) is 6.79. The molecule has 0 radical (unpaired) electrons. The second kappa shape index (κ2) is 5.01. The molecule has 14 heavy (non-hydrogen) atoms. The van der Waals surface area contributed by atoms with Crippen molar-refractivity contribution in [2.24, 2.45) is 0 Å². The highest BCUT2D eigenvalue weighted by Crippen LogP contribution is 2.25. The number of fused-ring (bicyclic) bond motifs is 1. The van der Waals surface area contributed by atoms with Crippen LogP contribution in [-0.4, -0.2) is 19.1 Å². The Morgan fingerprint density at radius 2 is 1.79 bits per heavy atom. The highest BCUT2D eigenvalue weighted by molar-refractivity contribution is 5.37. The molecule has 0 saturated heterocycles. The summed E-state index contributed by atoms with van der Waals surface area (Å²) in [5.74, 6) is 0.962. The maximum Gasteiger partial charge on any atom is 0.119 e. The van der Waals surface area contributed by atoms with E-state index in [1.807, 2.05) is 19.9 Å². The molecule has 0 unspecified atom stereocenters. The smallest absolute Gasteiger partial charge is 0.119 e. The van der Waals surface area contributed by atoms with Gasteiger partial charge in [-0.05, 0) is 30.3 Å². The SMILES string of the molecule is CC.COc1ccc2c(c1)CN(C)C2. The number of methoxy groups -OCH3 is 1. The quantitative estimate of drug-likeness (QED) is 0.680. The molecule has 0 N–H and O–H groups in total. The van der Waals surface area contributed by atoms with Gasteiger partial charge in [-0.15, -0.1) is 0 Å². The number of hydrogen-bond acceptors (Lipinski definition) is 2. The van der Waals surface area contributed by atoms with E-state index in [0.717, 1.165) is 18.8 Å². The fourth-order valence-corrected chi connectivity index (χ4v) is 1.67. The van der Waals surface area contributed by atoms with Crippen LogP contribution >= 0.6 is 0 Å². The molecule has 0 saturated carbocycles. The Bertz CT molecular complexity index is 296. The van der Waals surface area contributed by atoms with E-state index in [-0.39, 0.29) is 0 Å². The zero-order valence-electron chi connectivity index (χ0n) is 9.50. The zero-order chi connectivity index (χ0) is 10.6. The van der Waals surface area contributed by atoms with Crippen LogP contribution in [0.25, 0.3) is 0 Å². The van der Waals surface area contributed by atoms with E-state index < -0.39 is 0 Å². The normalized spacial score (nSPS) is 14.3. The molecule has 0 atom stereocenters. The summed E-state index contributed by atoms with van der Waals surface area (Å²) in [4.78, 5) is 2.30. The Balaban J connectivity index is 0.000000461. The van der Waals surface area contributed by atoms with E-state index in [9.17, 15) is 0 Å². The second-order valence-corrected chi connectivity index (χ2v) is 3.31. The minimum atomic E-state index is 0.962. The van der Waals surface area contributed by atoms with Gasteiger partial charge in [-0.25, -0.2) is 0 Å². The number of hydrogen-bond donors (Lipinski definition) is 0. The number of ether oxygens (including phenoxy) is 1. The fraction of sp³-hybridized carbons (Fsp3) is 0.500. The van der Waals surface area contributed by atoms with E-state index in [1.54, 1.807) is 7.11 Å². The molecule has 0 bridgehead atoms. The van der Waals surface area contributed by atoms with Crippen LogP contribution in [0.4, 0.5) is 0 Å². The molecule has 2 nitrogen and oxygen atoms in total. The third kappa shape index (κ3) is 2.26. The van der Waals surface area contributed by atoms with Gasteiger partial charge in [0.2, 0.25) is 0 Å². The molecule has 1 aromatic carbocycles. The summed E-state index contributed by atoms with van der Waals surface area (Å²) >= 11 is 0. The summed E-state index contributed by atoms with van der Waals surface area (Å²) in [5.41, 5.74) is 2.83. The molecule has 1 aliphatic rings. The first-order valence-corrected chi connectivity index (χ1v) is 5.14. The third-order valence-corrected chi connectivity index (χ3v) is 2.29. The fourth-order valence-electron chi connectivity index (χ4n) is 1.67. The number of nitrogens with zero attached hydrogens (tertiary/aromatic N) is 1. The first-order valence-electron chi connectivity index (χ1n) is 5.14. The molecular formula is C12H19NO. The average molecular weight is 193 g/mol. The van der Waals surface area contributed by atoms with Crippen molar-refractivity contribution in [2.75, 3.05) is 14.2 Å². The van der Waals surface area contributed by atoms with Gasteiger partial charge in [-0.2, -0.15) is 0 Å². The third-order valence-electron chi connectivity index (χ3n) is 2.29. The van der Waals surface area contributed by atoms with E-state index in [2.05, 4.69) is 24.1 Å². The molecule has 0 spiro atoms. The van der Waals surface area contributed by atoms with Gasteiger partial charge in [0.1, 0.15) is 5.75 Å². The van der Waals surface area contributed by atoms with Gasteiger partial charge in [-0.3, -0.25) is 4.90 Å². The predicted molar refractivity (Wildman–Crippen MR) is 59.5 cm³/mol. The lowest BCUT2D eigenvalue weighted by Gasteiger charge is -2.02. The van der Waals surface area contributed by atoms with Gasteiger partial charge in [-0.1, -0.05) is 19.9 Å². The van der Waals surface area contributed by atoms with Crippen LogP contribution in [0, 0.1) is 0 Å². The molecule has 0 aromatic heterocycles.